The number of nitrogens with one attached hydrogen (secondary N) is 1. The topological polar surface area (TPSA) is 102 Å². The molecule has 0 amide bonds. The molecule has 1 fully saturated rings. The van der Waals surface area contributed by atoms with E-state index in [0.29, 0.717) is 11.4 Å². The largest absolute Gasteiger partial charge is 0.395 e. The molecule has 2 aromatic carbocycles. The van der Waals surface area contributed by atoms with Crippen LogP contribution in [0.5, 0.6) is 0 Å². The Hall–Kier alpha value is -3.37. The maximum atomic E-state index is 13.1. The van der Waals surface area contributed by atoms with Gasteiger partial charge >= 0.3 is 0 Å². The summed E-state index contributed by atoms with van der Waals surface area (Å²) in [5, 5.41) is 19.7. The lowest BCUT2D eigenvalue weighted by molar-refractivity contribution is 0.188. The normalized spacial score (nSPS) is 15.3. The molecule has 40 heavy (non-hydrogen) atoms. The first-order valence-electron chi connectivity index (χ1n) is 13.7. The Kier molecular flexibility index (Phi) is 10.6. The average molecular weight is 562 g/mol. The Bertz CT molecular complexity index is 1400. The third-order valence-corrected chi connectivity index (χ3v) is 8.11. The van der Waals surface area contributed by atoms with Crippen molar-refractivity contribution in [3.05, 3.63) is 78.6 Å². The van der Waals surface area contributed by atoms with E-state index in [1.54, 1.807) is 13.1 Å². The minimum Gasteiger partial charge on any atom is -0.395 e. The van der Waals surface area contributed by atoms with Crippen molar-refractivity contribution in [2.75, 3.05) is 49.0 Å². The van der Waals surface area contributed by atoms with Crippen LogP contribution in [-0.2, 0) is 11.0 Å². The van der Waals surface area contributed by atoms with Crippen molar-refractivity contribution in [1.29, 1.82) is 0 Å². The summed E-state index contributed by atoms with van der Waals surface area (Å²) in [5.41, 5.74) is 3.80. The van der Waals surface area contributed by atoms with Gasteiger partial charge in [0, 0.05) is 61.8 Å². The second kappa shape index (κ2) is 14.3. The number of hydrogen-bond acceptors (Lipinski definition) is 7. The van der Waals surface area contributed by atoms with E-state index in [-0.39, 0.29) is 12.7 Å². The molecule has 0 radical (unpaired) electrons. The molecule has 3 N–H and O–H groups in total. The van der Waals surface area contributed by atoms with Crippen LogP contribution < -0.4 is 9.62 Å². The second-order valence-corrected chi connectivity index (χ2v) is 11.2. The highest BCUT2D eigenvalue weighted by Gasteiger charge is 2.18. The van der Waals surface area contributed by atoms with Crippen LogP contribution in [0.2, 0.25) is 0 Å². The van der Waals surface area contributed by atoms with Crippen molar-refractivity contribution in [1.82, 2.24) is 14.9 Å². The Morgan fingerprint density at radius 2 is 1.77 bits per heavy atom. The summed E-state index contributed by atoms with van der Waals surface area (Å²) in [4.78, 5) is 14.3. The highest BCUT2D eigenvalue weighted by atomic mass is 32.2. The van der Waals surface area contributed by atoms with Crippen molar-refractivity contribution in [3.8, 4) is 11.3 Å². The minimum absolute atomic E-state index is 0.116. The first-order chi connectivity index (χ1) is 19.4. The van der Waals surface area contributed by atoms with Gasteiger partial charge in [-0.2, -0.15) is 0 Å². The minimum atomic E-state index is -1.44. The van der Waals surface area contributed by atoms with Gasteiger partial charge in [0.25, 0.3) is 0 Å². The number of aliphatic hydroxyl groups excluding tert-OH is 2. The van der Waals surface area contributed by atoms with Gasteiger partial charge in [0.15, 0.2) is 11.0 Å². The number of benzene rings is 2. The quantitative estimate of drug-likeness (QED) is 0.288. The fraction of sp³-hybridized carbons (Fsp3) is 0.355. The number of fused-ring (bicyclic) bond motifs is 1. The van der Waals surface area contributed by atoms with E-state index in [4.69, 9.17) is 10.2 Å². The smallest absolute Gasteiger partial charge is 0.151 e. The van der Waals surface area contributed by atoms with Crippen LogP contribution in [0.4, 0.5) is 11.5 Å². The van der Waals surface area contributed by atoms with E-state index in [0.717, 1.165) is 71.7 Å². The van der Waals surface area contributed by atoms with E-state index in [1.807, 2.05) is 61.7 Å². The van der Waals surface area contributed by atoms with Crippen LogP contribution >= 0.6 is 0 Å². The number of rotatable bonds is 8. The molecule has 0 saturated carbocycles. The van der Waals surface area contributed by atoms with Crippen molar-refractivity contribution in [3.63, 3.8) is 0 Å². The Morgan fingerprint density at radius 3 is 2.45 bits per heavy atom. The summed E-state index contributed by atoms with van der Waals surface area (Å²) >= 11 is 0. The fourth-order valence-electron chi connectivity index (χ4n) is 4.45. The molecule has 5 rings (SSSR count). The van der Waals surface area contributed by atoms with Gasteiger partial charge < -0.3 is 19.8 Å². The van der Waals surface area contributed by atoms with E-state index < -0.39 is 11.0 Å². The number of piperazine rings is 1. The van der Waals surface area contributed by atoms with Crippen molar-refractivity contribution >= 4 is 33.3 Å². The maximum Gasteiger partial charge on any atom is 0.151 e. The van der Waals surface area contributed by atoms with Crippen LogP contribution in [0.25, 0.3) is 22.0 Å². The average Bonchev–Trinajstić information content (AvgIpc) is 2.99. The highest BCUT2D eigenvalue weighted by Crippen LogP contribution is 2.31. The molecular weight excluding hydrogens is 522 g/mol. The molecule has 0 spiro atoms. The summed E-state index contributed by atoms with van der Waals surface area (Å²) < 4.78 is 16.2. The van der Waals surface area contributed by atoms with Gasteiger partial charge in [-0.25, -0.2) is 9.19 Å². The van der Waals surface area contributed by atoms with Gasteiger partial charge in [-0.05, 0) is 61.5 Å². The zero-order chi connectivity index (χ0) is 28.5. The molecule has 4 aromatic rings. The van der Waals surface area contributed by atoms with Crippen LogP contribution in [-0.4, -0.2) is 74.7 Å². The summed E-state index contributed by atoms with van der Waals surface area (Å²) in [6.45, 7) is 10.2. The number of aryl methyl sites for hydroxylation is 1. The third-order valence-electron chi connectivity index (χ3n) is 7.02. The zero-order valence-corrected chi connectivity index (χ0v) is 24.3. The molecule has 9 heteroatoms. The standard InChI is InChI=1S/C27H29N5O2S.C4H10O/c1-20-6-7-22(18-25(20)27-24-5-3-2-4-21(24)10-11-28-27)30-35(34)23-8-9-26(29-19-23)32-14-12-31(13-15-32)16-17-33;1-3-4(2)5/h2-11,18-19,30,33H,12-17H2,1H3;4-5H,3H2,1-2H3. The molecule has 3 heterocycles. The van der Waals surface area contributed by atoms with Crippen LogP contribution in [0, 0.1) is 6.92 Å². The van der Waals surface area contributed by atoms with Gasteiger partial charge in [-0.15, -0.1) is 0 Å². The molecule has 2 unspecified atom stereocenters. The summed E-state index contributed by atoms with van der Waals surface area (Å²) in [7, 11) is -1.44. The monoisotopic (exact) mass is 561 g/mol. The molecule has 0 aliphatic carbocycles. The summed E-state index contributed by atoms with van der Waals surface area (Å²) in [5.74, 6) is 0.883. The van der Waals surface area contributed by atoms with E-state index >= 15 is 0 Å². The molecule has 1 saturated heterocycles. The Morgan fingerprint density at radius 1 is 1.02 bits per heavy atom. The molecule has 2 atom stereocenters. The molecule has 212 valence electrons. The lowest BCUT2D eigenvalue weighted by Gasteiger charge is -2.35. The first-order valence-corrected chi connectivity index (χ1v) is 14.9. The predicted octanol–water partition coefficient (Wildman–Crippen LogP) is 4.63. The number of anilines is 2. The van der Waals surface area contributed by atoms with Gasteiger partial charge in [-0.1, -0.05) is 37.3 Å². The van der Waals surface area contributed by atoms with Crippen LogP contribution in [0.3, 0.4) is 0 Å². The van der Waals surface area contributed by atoms with E-state index in [2.05, 4.69) is 43.5 Å². The predicted molar refractivity (Wildman–Crippen MR) is 164 cm³/mol. The Balaban J connectivity index is 0.000000681. The zero-order valence-electron chi connectivity index (χ0n) is 23.5. The number of nitrogens with zero attached hydrogens (tertiary/aromatic N) is 4. The van der Waals surface area contributed by atoms with E-state index in [9.17, 15) is 4.21 Å². The lowest BCUT2D eigenvalue weighted by atomic mass is 10.00. The third kappa shape index (κ3) is 7.63. The first kappa shape index (κ1) is 29.6. The molecule has 1 aliphatic heterocycles. The number of aliphatic hydroxyl groups is 2. The number of β-amino-alcohol motifs (C(OH)–C–C–N with tert-alkyl or cyclic N) is 1. The van der Waals surface area contributed by atoms with Crippen LogP contribution in [0.15, 0.2) is 78.0 Å². The summed E-state index contributed by atoms with van der Waals surface area (Å²) in [6, 6.07) is 20.0. The van der Waals surface area contributed by atoms with E-state index in [1.165, 1.54) is 0 Å². The number of aromatic nitrogens is 2. The number of hydrogen-bond donors (Lipinski definition) is 3. The molecule has 0 bridgehead atoms. The number of pyridine rings is 2. The summed E-state index contributed by atoms with van der Waals surface area (Å²) in [6.07, 6.45) is 4.25. The van der Waals surface area contributed by atoms with Gasteiger partial charge in [0.1, 0.15) is 5.82 Å². The van der Waals surface area contributed by atoms with Crippen molar-refractivity contribution in [2.45, 2.75) is 38.2 Å². The Labute approximate surface area is 239 Å². The fourth-order valence-corrected chi connectivity index (χ4v) is 5.25. The molecule has 2 aromatic heterocycles. The SMILES string of the molecule is CCC(C)O.Cc1ccc(NS(=O)c2ccc(N3CCN(CCO)CC3)nc2)cc1-c1nccc2ccccc12. The van der Waals surface area contributed by atoms with Gasteiger partial charge in [-0.3, -0.25) is 9.88 Å². The van der Waals surface area contributed by atoms with Crippen molar-refractivity contribution < 1.29 is 14.4 Å². The van der Waals surface area contributed by atoms with Gasteiger partial charge in [0.2, 0.25) is 0 Å². The van der Waals surface area contributed by atoms with Crippen LogP contribution in [0.1, 0.15) is 25.8 Å². The highest BCUT2D eigenvalue weighted by molar-refractivity contribution is 7.86. The lowest BCUT2D eigenvalue weighted by Crippen LogP contribution is -2.47. The second-order valence-electron chi connectivity index (χ2n) is 9.94. The molecule has 1 aliphatic rings. The molecular formula is C31H39N5O3S. The van der Waals surface area contributed by atoms with Crippen molar-refractivity contribution in [2.24, 2.45) is 0 Å². The van der Waals surface area contributed by atoms with Gasteiger partial charge in [0.05, 0.1) is 23.3 Å². The molecule has 8 nitrogen and oxygen atoms in total. The maximum absolute atomic E-state index is 13.1.